The molecule has 0 atom stereocenters. The van der Waals surface area contributed by atoms with Crippen LogP contribution in [0.3, 0.4) is 0 Å². The van der Waals surface area contributed by atoms with Crippen LogP contribution in [0.2, 0.25) is 0 Å². The molecule has 0 saturated heterocycles. The number of aryl methyl sites for hydroxylation is 1. The van der Waals surface area contributed by atoms with E-state index in [4.69, 9.17) is 4.74 Å². The van der Waals surface area contributed by atoms with Gasteiger partial charge in [-0.25, -0.2) is 0 Å². The van der Waals surface area contributed by atoms with Gasteiger partial charge in [-0.3, -0.25) is 0 Å². The summed E-state index contributed by atoms with van der Waals surface area (Å²) in [6.07, 6.45) is 1.05. The first kappa shape index (κ1) is 13.5. The van der Waals surface area contributed by atoms with E-state index in [1.807, 2.05) is 19.1 Å². The van der Waals surface area contributed by atoms with Crippen LogP contribution in [-0.4, -0.2) is 6.61 Å². The molecular formula is C17H21NO. The van der Waals surface area contributed by atoms with Crippen LogP contribution in [0.5, 0.6) is 5.75 Å². The Morgan fingerprint density at radius 2 is 1.68 bits per heavy atom. The Hall–Kier alpha value is -1.96. The SMILES string of the molecule is CCOc1ccc(CNc2ccccc2CC)cc1. The standard InChI is InChI=1S/C17H21NO/c1-3-15-7-5-6-8-17(15)18-13-14-9-11-16(12-10-14)19-4-2/h5-12,18H,3-4,13H2,1-2H3. The fourth-order valence-corrected chi connectivity index (χ4v) is 2.07. The molecule has 19 heavy (non-hydrogen) atoms. The van der Waals surface area contributed by atoms with Crippen molar-refractivity contribution in [1.82, 2.24) is 0 Å². The Labute approximate surface area is 115 Å². The number of para-hydroxylation sites is 1. The van der Waals surface area contributed by atoms with Crippen molar-refractivity contribution in [3.05, 3.63) is 59.7 Å². The van der Waals surface area contributed by atoms with Gasteiger partial charge in [0.1, 0.15) is 5.75 Å². The molecule has 0 aliphatic carbocycles. The molecule has 0 unspecified atom stereocenters. The molecule has 2 aromatic rings. The third kappa shape index (κ3) is 3.75. The molecule has 0 spiro atoms. The van der Waals surface area contributed by atoms with Crippen LogP contribution in [0.1, 0.15) is 25.0 Å². The summed E-state index contributed by atoms with van der Waals surface area (Å²) in [6.45, 7) is 5.72. The minimum Gasteiger partial charge on any atom is -0.494 e. The Kier molecular flexibility index (Phi) is 4.85. The zero-order chi connectivity index (χ0) is 13.5. The van der Waals surface area contributed by atoms with Crippen molar-refractivity contribution in [2.24, 2.45) is 0 Å². The highest BCUT2D eigenvalue weighted by Gasteiger charge is 1.99. The third-order valence-corrected chi connectivity index (χ3v) is 3.12. The maximum atomic E-state index is 5.44. The average molecular weight is 255 g/mol. The van der Waals surface area contributed by atoms with E-state index in [9.17, 15) is 0 Å². The summed E-state index contributed by atoms with van der Waals surface area (Å²) in [5.74, 6) is 0.931. The number of benzene rings is 2. The van der Waals surface area contributed by atoms with Crippen LogP contribution in [0.25, 0.3) is 0 Å². The van der Waals surface area contributed by atoms with Crippen molar-refractivity contribution in [2.45, 2.75) is 26.8 Å². The van der Waals surface area contributed by atoms with E-state index in [0.29, 0.717) is 6.61 Å². The van der Waals surface area contributed by atoms with Gasteiger partial charge >= 0.3 is 0 Å². The van der Waals surface area contributed by atoms with Gasteiger partial charge in [0.15, 0.2) is 0 Å². The van der Waals surface area contributed by atoms with Crippen molar-refractivity contribution in [3.8, 4) is 5.75 Å². The topological polar surface area (TPSA) is 21.3 Å². The number of anilines is 1. The van der Waals surface area contributed by atoms with Crippen molar-refractivity contribution in [1.29, 1.82) is 0 Å². The number of hydrogen-bond donors (Lipinski definition) is 1. The third-order valence-electron chi connectivity index (χ3n) is 3.12. The number of hydrogen-bond acceptors (Lipinski definition) is 2. The van der Waals surface area contributed by atoms with Gasteiger partial charge in [0.25, 0.3) is 0 Å². The predicted octanol–water partition coefficient (Wildman–Crippen LogP) is 4.26. The first-order chi connectivity index (χ1) is 9.33. The quantitative estimate of drug-likeness (QED) is 0.832. The highest BCUT2D eigenvalue weighted by atomic mass is 16.5. The van der Waals surface area contributed by atoms with E-state index in [2.05, 4.69) is 48.6 Å². The molecule has 0 heterocycles. The smallest absolute Gasteiger partial charge is 0.119 e. The van der Waals surface area contributed by atoms with Gasteiger partial charge in [-0.15, -0.1) is 0 Å². The van der Waals surface area contributed by atoms with Crippen molar-refractivity contribution < 1.29 is 4.74 Å². The molecule has 2 heteroatoms. The molecular weight excluding hydrogens is 234 g/mol. The second-order valence-corrected chi connectivity index (χ2v) is 4.44. The summed E-state index contributed by atoms with van der Waals surface area (Å²) in [5, 5.41) is 3.49. The molecule has 0 fully saturated rings. The molecule has 0 radical (unpaired) electrons. The lowest BCUT2D eigenvalue weighted by atomic mass is 10.1. The van der Waals surface area contributed by atoms with Crippen LogP contribution < -0.4 is 10.1 Å². The van der Waals surface area contributed by atoms with Gasteiger partial charge in [0, 0.05) is 12.2 Å². The van der Waals surface area contributed by atoms with Gasteiger partial charge in [-0.05, 0) is 42.7 Å². The summed E-state index contributed by atoms with van der Waals surface area (Å²) in [7, 11) is 0. The minimum absolute atomic E-state index is 0.710. The lowest BCUT2D eigenvalue weighted by Gasteiger charge is -2.11. The van der Waals surface area contributed by atoms with E-state index in [-0.39, 0.29) is 0 Å². The molecule has 0 aliphatic heterocycles. The molecule has 0 saturated carbocycles. The monoisotopic (exact) mass is 255 g/mol. The van der Waals surface area contributed by atoms with Crippen LogP contribution in [0, 0.1) is 0 Å². The lowest BCUT2D eigenvalue weighted by molar-refractivity contribution is 0.340. The van der Waals surface area contributed by atoms with E-state index in [1.54, 1.807) is 0 Å². The Balaban J connectivity index is 1.98. The highest BCUT2D eigenvalue weighted by molar-refractivity contribution is 5.51. The maximum absolute atomic E-state index is 5.44. The van der Waals surface area contributed by atoms with E-state index in [0.717, 1.165) is 18.7 Å². The van der Waals surface area contributed by atoms with Gasteiger partial charge < -0.3 is 10.1 Å². The normalized spacial score (nSPS) is 10.2. The van der Waals surface area contributed by atoms with Crippen LogP contribution in [-0.2, 0) is 13.0 Å². The molecule has 100 valence electrons. The Morgan fingerprint density at radius 1 is 0.947 bits per heavy atom. The molecule has 1 N–H and O–H groups in total. The molecule has 2 rings (SSSR count). The fourth-order valence-electron chi connectivity index (χ4n) is 2.07. The second kappa shape index (κ2) is 6.83. The molecule has 2 aromatic carbocycles. The first-order valence-corrected chi connectivity index (χ1v) is 6.87. The van der Waals surface area contributed by atoms with Gasteiger partial charge in [0.2, 0.25) is 0 Å². The van der Waals surface area contributed by atoms with Gasteiger partial charge in [0.05, 0.1) is 6.61 Å². The predicted molar refractivity (Wildman–Crippen MR) is 80.8 cm³/mol. The maximum Gasteiger partial charge on any atom is 0.119 e. The van der Waals surface area contributed by atoms with E-state index in [1.165, 1.54) is 16.8 Å². The zero-order valence-electron chi connectivity index (χ0n) is 11.6. The summed E-state index contributed by atoms with van der Waals surface area (Å²) in [5.41, 5.74) is 3.83. The average Bonchev–Trinajstić information content (AvgIpc) is 2.47. The van der Waals surface area contributed by atoms with Crippen molar-refractivity contribution >= 4 is 5.69 Å². The van der Waals surface area contributed by atoms with Crippen molar-refractivity contribution in [2.75, 3.05) is 11.9 Å². The number of rotatable bonds is 6. The summed E-state index contributed by atoms with van der Waals surface area (Å²) in [4.78, 5) is 0. The molecule has 0 aliphatic rings. The Bertz CT molecular complexity index is 505. The largest absolute Gasteiger partial charge is 0.494 e. The van der Waals surface area contributed by atoms with Gasteiger partial charge in [-0.1, -0.05) is 37.3 Å². The number of ether oxygens (including phenoxy) is 1. The van der Waals surface area contributed by atoms with Crippen molar-refractivity contribution in [3.63, 3.8) is 0 Å². The summed E-state index contributed by atoms with van der Waals surface area (Å²) < 4.78 is 5.44. The molecule has 0 bridgehead atoms. The second-order valence-electron chi connectivity index (χ2n) is 4.44. The van der Waals surface area contributed by atoms with Crippen LogP contribution >= 0.6 is 0 Å². The van der Waals surface area contributed by atoms with Gasteiger partial charge in [-0.2, -0.15) is 0 Å². The Morgan fingerprint density at radius 3 is 2.37 bits per heavy atom. The highest BCUT2D eigenvalue weighted by Crippen LogP contribution is 2.17. The summed E-state index contributed by atoms with van der Waals surface area (Å²) >= 11 is 0. The molecule has 0 aromatic heterocycles. The minimum atomic E-state index is 0.710. The lowest BCUT2D eigenvalue weighted by Crippen LogP contribution is -2.02. The van der Waals surface area contributed by atoms with E-state index >= 15 is 0 Å². The number of nitrogens with one attached hydrogen (secondary N) is 1. The molecule has 2 nitrogen and oxygen atoms in total. The zero-order valence-corrected chi connectivity index (χ0v) is 11.6. The van der Waals surface area contributed by atoms with Crippen LogP contribution in [0.15, 0.2) is 48.5 Å². The molecule has 0 amide bonds. The summed E-state index contributed by atoms with van der Waals surface area (Å²) in [6, 6.07) is 16.7. The van der Waals surface area contributed by atoms with Crippen LogP contribution in [0.4, 0.5) is 5.69 Å². The fraction of sp³-hybridized carbons (Fsp3) is 0.294. The first-order valence-electron chi connectivity index (χ1n) is 6.87. The van der Waals surface area contributed by atoms with E-state index < -0.39 is 0 Å².